The molecule has 1 aliphatic heterocycles. The van der Waals surface area contributed by atoms with Crippen molar-refractivity contribution in [2.75, 3.05) is 6.54 Å². The van der Waals surface area contributed by atoms with Crippen molar-refractivity contribution in [1.82, 2.24) is 19.6 Å². The van der Waals surface area contributed by atoms with Gasteiger partial charge in [0.2, 0.25) is 5.76 Å². The number of hydrogen-bond acceptors (Lipinski definition) is 5. The Kier molecular flexibility index (Phi) is 4.02. The minimum atomic E-state index is -0.208. The van der Waals surface area contributed by atoms with E-state index in [1.807, 2.05) is 6.92 Å². The van der Waals surface area contributed by atoms with Gasteiger partial charge in [-0.15, -0.1) is 0 Å². The molecule has 0 saturated carbocycles. The molecule has 0 aliphatic carbocycles. The lowest BCUT2D eigenvalue weighted by molar-refractivity contribution is 0.0688. The second kappa shape index (κ2) is 5.98. The number of aryl methyl sites for hydroxylation is 1. The molecule has 3 heterocycles. The lowest BCUT2D eigenvalue weighted by Crippen LogP contribution is -2.39. The predicted molar refractivity (Wildman–Crippen MR) is 83.1 cm³/mol. The Morgan fingerprint density at radius 2 is 2.26 bits per heavy atom. The molecule has 0 unspecified atom stereocenters. The molecule has 1 aliphatic rings. The van der Waals surface area contributed by atoms with Crippen molar-refractivity contribution in [3.8, 4) is 0 Å². The Morgan fingerprint density at radius 1 is 1.48 bits per heavy atom. The predicted octanol–water partition coefficient (Wildman–Crippen LogP) is 1.48. The number of aromatic nitrogens is 3. The Bertz CT molecular complexity index is 793. The Morgan fingerprint density at radius 3 is 3.00 bits per heavy atom. The molecule has 23 heavy (non-hydrogen) atoms. The van der Waals surface area contributed by atoms with Gasteiger partial charge < -0.3 is 14.0 Å². The Balaban J connectivity index is 1.81. The summed E-state index contributed by atoms with van der Waals surface area (Å²) in [5, 5.41) is 3.98. The smallest absolute Gasteiger partial charge is 0.292 e. The molecule has 1 atom stereocenters. The molecule has 0 N–H and O–H groups in total. The van der Waals surface area contributed by atoms with Crippen LogP contribution >= 0.6 is 0 Å². The highest BCUT2D eigenvalue weighted by atomic mass is 16.5. The van der Waals surface area contributed by atoms with Crippen LogP contribution in [0.1, 0.15) is 53.7 Å². The molecule has 2 aromatic heterocycles. The van der Waals surface area contributed by atoms with Crippen molar-refractivity contribution in [2.45, 2.75) is 39.2 Å². The SMILES string of the molecule is CC[C@@H](C)c1cc(C(=O)N2CCc3c(ncn(C)c3=O)C2)on1. The van der Waals surface area contributed by atoms with E-state index in [1.165, 1.54) is 10.9 Å². The summed E-state index contributed by atoms with van der Waals surface area (Å²) >= 11 is 0. The van der Waals surface area contributed by atoms with Crippen molar-refractivity contribution in [1.29, 1.82) is 0 Å². The van der Waals surface area contributed by atoms with Gasteiger partial charge in [0.25, 0.3) is 11.5 Å². The summed E-state index contributed by atoms with van der Waals surface area (Å²) in [4.78, 5) is 30.6. The minimum Gasteiger partial charge on any atom is -0.351 e. The number of carbonyl (C=O) groups is 1. The number of nitrogens with zero attached hydrogens (tertiary/aromatic N) is 4. The maximum Gasteiger partial charge on any atom is 0.292 e. The average Bonchev–Trinajstić information content (AvgIpc) is 3.06. The standard InChI is InChI=1S/C16H20N4O3/c1-4-10(2)12-7-14(23-18-12)16(22)20-6-5-11-13(8-20)17-9-19(3)15(11)21/h7,9-10H,4-6,8H2,1-3H3/t10-/m1/s1. The summed E-state index contributed by atoms with van der Waals surface area (Å²) in [6.07, 6.45) is 2.93. The quantitative estimate of drug-likeness (QED) is 0.856. The van der Waals surface area contributed by atoms with E-state index in [4.69, 9.17) is 4.52 Å². The van der Waals surface area contributed by atoms with Crippen LogP contribution in [0, 0.1) is 0 Å². The number of rotatable bonds is 3. The highest BCUT2D eigenvalue weighted by molar-refractivity contribution is 5.91. The Labute approximate surface area is 133 Å². The molecule has 2 aromatic rings. The number of hydrogen-bond donors (Lipinski definition) is 0. The van der Waals surface area contributed by atoms with Crippen LogP contribution in [0.3, 0.4) is 0 Å². The summed E-state index contributed by atoms with van der Waals surface area (Å²) in [5.41, 5.74) is 2.10. The third-order valence-electron chi connectivity index (χ3n) is 4.43. The number of carbonyl (C=O) groups excluding carboxylic acids is 1. The second-order valence-corrected chi connectivity index (χ2v) is 5.99. The third kappa shape index (κ3) is 2.78. The van der Waals surface area contributed by atoms with E-state index in [9.17, 15) is 9.59 Å². The fourth-order valence-electron chi connectivity index (χ4n) is 2.68. The summed E-state index contributed by atoms with van der Waals surface area (Å²) in [5.74, 6) is 0.292. The van der Waals surface area contributed by atoms with Crippen molar-refractivity contribution in [3.63, 3.8) is 0 Å². The topological polar surface area (TPSA) is 81.2 Å². The fourth-order valence-corrected chi connectivity index (χ4v) is 2.68. The average molecular weight is 316 g/mol. The molecule has 0 spiro atoms. The van der Waals surface area contributed by atoms with E-state index in [0.29, 0.717) is 30.8 Å². The van der Waals surface area contributed by atoms with E-state index in [1.54, 1.807) is 18.0 Å². The minimum absolute atomic E-state index is 0.0409. The van der Waals surface area contributed by atoms with E-state index in [0.717, 1.165) is 12.1 Å². The van der Waals surface area contributed by atoms with Crippen LogP contribution in [0.4, 0.5) is 0 Å². The lowest BCUT2D eigenvalue weighted by atomic mass is 10.0. The van der Waals surface area contributed by atoms with Gasteiger partial charge in [0, 0.05) is 31.1 Å². The number of fused-ring (bicyclic) bond motifs is 1. The first-order valence-electron chi connectivity index (χ1n) is 7.80. The van der Waals surface area contributed by atoms with Gasteiger partial charge in [-0.3, -0.25) is 9.59 Å². The van der Waals surface area contributed by atoms with E-state index >= 15 is 0 Å². The summed E-state index contributed by atoms with van der Waals surface area (Å²) in [7, 11) is 1.68. The molecule has 0 aromatic carbocycles. The van der Waals surface area contributed by atoms with Crippen LogP contribution in [-0.2, 0) is 20.0 Å². The maximum atomic E-state index is 12.6. The summed E-state index contributed by atoms with van der Waals surface area (Å²) in [6, 6.07) is 1.71. The lowest BCUT2D eigenvalue weighted by Gasteiger charge is -2.26. The molecule has 0 bridgehead atoms. The Hall–Kier alpha value is -2.44. The normalized spacial score (nSPS) is 15.3. The van der Waals surface area contributed by atoms with Crippen LogP contribution in [0.25, 0.3) is 0 Å². The van der Waals surface area contributed by atoms with Crippen molar-refractivity contribution in [3.05, 3.63) is 45.5 Å². The maximum absolute atomic E-state index is 12.6. The highest BCUT2D eigenvalue weighted by Crippen LogP contribution is 2.21. The molecule has 3 rings (SSSR count). The fraction of sp³-hybridized carbons (Fsp3) is 0.500. The van der Waals surface area contributed by atoms with E-state index in [-0.39, 0.29) is 23.1 Å². The van der Waals surface area contributed by atoms with Gasteiger partial charge in [0.05, 0.1) is 24.3 Å². The molecule has 0 fully saturated rings. The number of amides is 1. The molecule has 0 radical (unpaired) electrons. The van der Waals surface area contributed by atoms with E-state index in [2.05, 4.69) is 17.1 Å². The first-order chi connectivity index (χ1) is 11.0. The van der Waals surface area contributed by atoms with Crippen molar-refractivity contribution >= 4 is 5.91 Å². The zero-order valence-electron chi connectivity index (χ0n) is 13.6. The van der Waals surface area contributed by atoms with Crippen molar-refractivity contribution in [2.24, 2.45) is 7.05 Å². The second-order valence-electron chi connectivity index (χ2n) is 5.99. The van der Waals surface area contributed by atoms with Crippen LogP contribution in [0.15, 0.2) is 21.7 Å². The first-order valence-corrected chi connectivity index (χ1v) is 7.80. The highest BCUT2D eigenvalue weighted by Gasteiger charge is 2.27. The van der Waals surface area contributed by atoms with Crippen LogP contribution in [-0.4, -0.2) is 32.1 Å². The monoisotopic (exact) mass is 316 g/mol. The van der Waals surface area contributed by atoms with Gasteiger partial charge in [0.15, 0.2) is 0 Å². The van der Waals surface area contributed by atoms with Gasteiger partial charge in [-0.05, 0) is 12.8 Å². The molecular formula is C16H20N4O3. The molecule has 1 amide bonds. The summed E-state index contributed by atoms with van der Waals surface area (Å²) < 4.78 is 6.67. The van der Waals surface area contributed by atoms with Gasteiger partial charge >= 0.3 is 0 Å². The molecule has 7 nitrogen and oxygen atoms in total. The molecule has 122 valence electrons. The third-order valence-corrected chi connectivity index (χ3v) is 4.43. The molecule has 7 heteroatoms. The van der Waals surface area contributed by atoms with E-state index < -0.39 is 0 Å². The van der Waals surface area contributed by atoms with Gasteiger partial charge in [-0.25, -0.2) is 4.98 Å². The van der Waals surface area contributed by atoms with Crippen LogP contribution in [0.2, 0.25) is 0 Å². The molecular weight excluding hydrogens is 296 g/mol. The first kappa shape index (κ1) is 15.5. The largest absolute Gasteiger partial charge is 0.351 e. The summed E-state index contributed by atoms with van der Waals surface area (Å²) in [6.45, 7) is 4.91. The van der Waals surface area contributed by atoms with Crippen LogP contribution in [0.5, 0.6) is 0 Å². The molecule has 0 saturated heterocycles. The van der Waals surface area contributed by atoms with Gasteiger partial charge in [-0.2, -0.15) is 0 Å². The van der Waals surface area contributed by atoms with Crippen LogP contribution < -0.4 is 5.56 Å². The van der Waals surface area contributed by atoms with Gasteiger partial charge in [0.1, 0.15) is 0 Å². The van der Waals surface area contributed by atoms with Gasteiger partial charge in [-0.1, -0.05) is 19.0 Å². The zero-order chi connectivity index (χ0) is 16.6. The zero-order valence-corrected chi connectivity index (χ0v) is 13.6. The van der Waals surface area contributed by atoms with Crippen molar-refractivity contribution < 1.29 is 9.32 Å².